The lowest BCUT2D eigenvalue weighted by Crippen LogP contribution is -2.38. The average molecular weight is 217 g/mol. The number of carbonyl (C=O) groups is 1. The Bertz CT molecular complexity index is 173. The van der Waals surface area contributed by atoms with E-state index in [-0.39, 0.29) is 24.7 Å². The van der Waals surface area contributed by atoms with E-state index in [1.807, 2.05) is 6.92 Å². The van der Waals surface area contributed by atoms with E-state index in [1.165, 1.54) is 0 Å². The van der Waals surface area contributed by atoms with Crippen LogP contribution in [0.2, 0.25) is 0 Å². The van der Waals surface area contributed by atoms with Crippen LogP contribution >= 0.6 is 0 Å². The van der Waals surface area contributed by atoms with E-state index in [4.69, 9.17) is 9.84 Å². The van der Waals surface area contributed by atoms with Crippen molar-refractivity contribution in [1.29, 1.82) is 0 Å². The largest absolute Gasteiger partial charge is 0.466 e. The molecule has 4 nitrogen and oxygen atoms in total. The predicted octanol–water partition coefficient (Wildman–Crippen LogP) is 1.08. The smallest absolute Gasteiger partial charge is 0.307 e. The molecule has 0 bridgehead atoms. The minimum Gasteiger partial charge on any atom is -0.466 e. The summed E-state index contributed by atoms with van der Waals surface area (Å²) in [5.74, 6) is -0.170. The first-order valence-corrected chi connectivity index (χ1v) is 5.66. The topological polar surface area (TPSA) is 58.6 Å². The fourth-order valence-corrected chi connectivity index (χ4v) is 1.49. The molecule has 0 heterocycles. The molecule has 90 valence electrons. The van der Waals surface area contributed by atoms with Gasteiger partial charge in [0.05, 0.1) is 13.0 Å². The van der Waals surface area contributed by atoms with Gasteiger partial charge in [-0.25, -0.2) is 0 Å². The first-order valence-electron chi connectivity index (χ1n) is 5.66. The molecular weight excluding hydrogens is 194 g/mol. The van der Waals surface area contributed by atoms with Crippen LogP contribution in [0.25, 0.3) is 0 Å². The minimum atomic E-state index is -0.170. The van der Waals surface area contributed by atoms with Gasteiger partial charge in [0.1, 0.15) is 0 Å². The molecular formula is C11H23NO3. The fourth-order valence-electron chi connectivity index (χ4n) is 1.49. The van der Waals surface area contributed by atoms with Crippen molar-refractivity contribution in [2.45, 2.75) is 52.1 Å². The third kappa shape index (κ3) is 7.33. The fraction of sp³-hybridized carbons (Fsp3) is 0.909. The Kier molecular flexibility index (Phi) is 8.33. The molecule has 2 unspecified atom stereocenters. The average Bonchev–Trinajstić information content (AvgIpc) is 2.17. The van der Waals surface area contributed by atoms with E-state index in [0.29, 0.717) is 13.0 Å². The van der Waals surface area contributed by atoms with Gasteiger partial charge in [0.15, 0.2) is 0 Å². The van der Waals surface area contributed by atoms with Crippen molar-refractivity contribution in [2.75, 3.05) is 13.2 Å². The van der Waals surface area contributed by atoms with Gasteiger partial charge >= 0.3 is 5.97 Å². The zero-order valence-electron chi connectivity index (χ0n) is 9.95. The van der Waals surface area contributed by atoms with Crippen molar-refractivity contribution in [3.05, 3.63) is 0 Å². The van der Waals surface area contributed by atoms with E-state index in [2.05, 4.69) is 12.2 Å². The molecule has 2 atom stereocenters. The van der Waals surface area contributed by atoms with Crippen molar-refractivity contribution in [1.82, 2.24) is 5.32 Å². The van der Waals surface area contributed by atoms with E-state index in [1.54, 1.807) is 6.92 Å². The molecule has 0 aliphatic rings. The number of hydrogen-bond donors (Lipinski definition) is 2. The number of aliphatic hydroxyl groups is 1. The summed E-state index contributed by atoms with van der Waals surface area (Å²) in [6, 6.07) is 0.375. The standard InChI is InChI=1S/C11H23NO3/c1-4-10(6-7-13)12-9(3)8-11(14)15-5-2/h9-10,12-13H,4-8H2,1-3H3. The maximum Gasteiger partial charge on any atom is 0.307 e. The molecule has 2 N–H and O–H groups in total. The first kappa shape index (κ1) is 14.4. The Morgan fingerprint density at radius 2 is 2.13 bits per heavy atom. The molecule has 0 saturated carbocycles. The maximum atomic E-state index is 11.2. The Labute approximate surface area is 92.0 Å². The summed E-state index contributed by atoms with van der Waals surface area (Å²) >= 11 is 0. The molecule has 0 aliphatic heterocycles. The van der Waals surface area contributed by atoms with Gasteiger partial charge in [0, 0.05) is 18.7 Å². The molecule has 0 aromatic rings. The molecule has 0 aromatic carbocycles. The number of esters is 1. The first-order chi connectivity index (χ1) is 7.13. The summed E-state index contributed by atoms with van der Waals surface area (Å²) in [5.41, 5.74) is 0. The number of hydrogen-bond acceptors (Lipinski definition) is 4. The number of rotatable bonds is 8. The molecule has 4 heteroatoms. The maximum absolute atomic E-state index is 11.2. The van der Waals surface area contributed by atoms with Crippen molar-refractivity contribution in [3.8, 4) is 0 Å². The number of ether oxygens (including phenoxy) is 1. The second-order valence-corrected chi connectivity index (χ2v) is 3.69. The highest BCUT2D eigenvalue weighted by Gasteiger charge is 2.13. The van der Waals surface area contributed by atoms with Crippen LogP contribution in [0, 0.1) is 0 Å². The van der Waals surface area contributed by atoms with Crippen LogP contribution in [-0.2, 0) is 9.53 Å². The van der Waals surface area contributed by atoms with Gasteiger partial charge in [0.25, 0.3) is 0 Å². The number of carbonyl (C=O) groups excluding carboxylic acids is 1. The molecule has 0 amide bonds. The molecule has 0 radical (unpaired) electrons. The predicted molar refractivity (Wildman–Crippen MR) is 59.6 cm³/mol. The van der Waals surface area contributed by atoms with Gasteiger partial charge < -0.3 is 15.2 Å². The van der Waals surface area contributed by atoms with E-state index in [0.717, 1.165) is 12.8 Å². The summed E-state index contributed by atoms with van der Waals surface area (Å²) in [5, 5.41) is 12.1. The van der Waals surface area contributed by atoms with Crippen molar-refractivity contribution < 1.29 is 14.6 Å². The lowest BCUT2D eigenvalue weighted by atomic mass is 10.1. The minimum absolute atomic E-state index is 0.0977. The lowest BCUT2D eigenvalue weighted by molar-refractivity contribution is -0.143. The van der Waals surface area contributed by atoms with Gasteiger partial charge in [-0.15, -0.1) is 0 Å². The molecule has 0 saturated heterocycles. The number of aliphatic hydroxyl groups excluding tert-OH is 1. The second kappa shape index (κ2) is 8.68. The number of nitrogens with one attached hydrogen (secondary N) is 1. The van der Waals surface area contributed by atoms with Crippen molar-refractivity contribution in [2.24, 2.45) is 0 Å². The highest BCUT2D eigenvalue weighted by molar-refractivity contribution is 5.70. The third-order valence-electron chi connectivity index (χ3n) is 2.27. The van der Waals surface area contributed by atoms with Crippen molar-refractivity contribution >= 4 is 5.97 Å². The van der Waals surface area contributed by atoms with E-state index < -0.39 is 0 Å². The highest BCUT2D eigenvalue weighted by atomic mass is 16.5. The van der Waals surface area contributed by atoms with Crippen LogP contribution in [0.5, 0.6) is 0 Å². The van der Waals surface area contributed by atoms with Gasteiger partial charge in [0.2, 0.25) is 0 Å². The Hall–Kier alpha value is -0.610. The Balaban J connectivity index is 3.79. The summed E-state index contributed by atoms with van der Waals surface area (Å²) in [4.78, 5) is 11.2. The Morgan fingerprint density at radius 3 is 2.60 bits per heavy atom. The van der Waals surface area contributed by atoms with Crippen molar-refractivity contribution in [3.63, 3.8) is 0 Å². The van der Waals surface area contributed by atoms with Gasteiger partial charge in [-0.2, -0.15) is 0 Å². The molecule has 0 rings (SSSR count). The monoisotopic (exact) mass is 217 g/mol. The molecule has 0 fully saturated rings. The van der Waals surface area contributed by atoms with Crippen LogP contribution in [0.4, 0.5) is 0 Å². The second-order valence-electron chi connectivity index (χ2n) is 3.69. The highest BCUT2D eigenvalue weighted by Crippen LogP contribution is 2.02. The van der Waals surface area contributed by atoms with Gasteiger partial charge in [-0.1, -0.05) is 6.92 Å². The molecule has 15 heavy (non-hydrogen) atoms. The third-order valence-corrected chi connectivity index (χ3v) is 2.27. The zero-order chi connectivity index (χ0) is 11.7. The van der Waals surface area contributed by atoms with Gasteiger partial charge in [-0.3, -0.25) is 4.79 Å². The normalized spacial score (nSPS) is 14.7. The van der Waals surface area contributed by atoms with Gasteiger partial charge in [-0.05, 0) is 26.7 Å². The summed E-state index contributed by atoms with van der Waals surface area (Å²) < 4.78 is 4.86. The van der Waals surface area contributed by atoms with Crippen LogP contribution in [0.1, 0.15) is 40.0 Å². The zero-order valence-corrected chi connectivity index (χ0v) is 9.95. The summed E-state index contributed by atoms with van der Waals surface area (Å²) in [7, 11) is 0. The molecule has 0 aliphatic carbocycles. The van der Waals surface area contributed by atoms with E-state index >= 15 is 0 Å². The van der Waals surface area contributed by atoms with Crippen LogP contribution < -0.4 is 5.32 Å². The summed E-state index contributed by atoms with van der Waals surface area (Å²) in [6.07, 6.45) is 2.06. The lowest BCUT2D eigenvalue weighted by Gasteiger charge is -2.20. The molecule has 0 spiro atoms. The Morgan fingerprint density at radius 1 is 1.47 bits per heavy atom. The van der Waals surface area contributed by atoms with Crippen LogP contribution in [0.15, 0.2) is 0 Å². The summed E-state index contributed by atoms with van der Waals surface area (Å²) in [6.45, 7) is 6.43. The van der Waals surface area contributed by atoms with Crippen LogP contribution in [0.3, 0.4) is 0 Å². The van der Waals surface area contributed by atoms with E-state index in [9.17, 15) is 4.79 Å². The SMILES string of the molecule is CCOC(=O)CC(C)NC(CC)CCO. The van der Waals surface area contributed by atoms with Crippen LogP contribution in [-0.4, -0.2) is 36.4 Å². The quantitative estimate of drug-likeness (QED) is 0.597. The molecule has 0 aromatic heterocycles.